The molecule has 2 aromatic carbocycles. The Labute approximate surface area is 246 Å². The molecule has 0 amide bonds. The van der Waals surface area contributed by atoms with Gasteiger partial charge in [0, 0.05) is 23.9 Å². The van der Waals surface area contributed by atoms with E-state index in [0.717, 1.165) is 11.3 Å². The number of aromatic nitrogens is 3. The number of hydrogen-bond donors (Lipinski definition) is 1. The van der Waals surface area contributed by atoms with Crippen molar-refractivity contribution in [1.82, 2.24) is 19.3 Å². The van der Waals surface area contributed by atoms with Crippen LogP contribution in [0.2, 0.25) is 4.34 Å². The monoisotopic (exact) mass is 620 g/mol. The van der Waals surface area contributed by atoms with Crippen LogP contribution in [0.15, 0.2) is 47.4 Å². The van der Waals surface area contributed by atoms with Gasteiger partial charge in [-0.05, 0) is 62.6 Å². The quantitative estimate of drug-likeness (QED) is 0.260. The van der Waals surface area contributed by atoms with Crippen LogP contribution in [0.4, 0.5) is 4.39 Å². The Morgan fingerprint density at radius 3 is 2.68 bits per heavy atom. The number of carboxylic acid groups (broad SMARTS) is 1. The number of aryl methyl sites for hydroxylation is 1. The summed E-state index contributed by atoms with van der Waals surface area (Å²) in [5, 5.41) is 18.2. The van der Waals surface area contributed by atoms with Crippen molar-refractivity contribution in [2.24, 2.45) is 5.41 Å². The number of para-hydroxylation sites is 1. The highest BCUT2D eigenvalue weighted by molar-refractivity contribution is 7.89. The van der Waals surface area contributed by atoms with Crippen molar-refractivity contribution < 1.29 is 27.4 Å². The minimum atomic E-state index is -3.93. The van der Waals surface area contributed by atoms with E-state index < -0.39 is 33.1 Å². The van der Waals surface area contributed by atoms with E-state index in [4.69, 9.17) is 16.3 Å². The van der Waals surface area contributed by atoms with E-state index in [1.54, 1.807) is 41.1 Å². The third kappa shape index (κ3) is 5.11. The van der Waals surface area contributed by atoms with Crippen molar-refractivity contribution in [3.63, 3.8) is 0 Å². The number of rotatable bonds is 8. The average molecular weight is 621 g/mol. The molecule has 0 radical (unpaired) electrons. The highest BCUT2D eigenvalue weighted by Crippen LogP contribution is 2.47. The first-order chi connectivity index (χ1) is 19.4. The van der Waals surface area contributed by atoms with Gasteiger partial charge in [-0.1, -0.05) is 41.9 Å². The van der Waals surface area contributed by atoms with Gasteiger partial charge in [0.1, 0.15) is 22.3 Å². The summed E-state index contributed by atoms with van der Waals surface area (Å²) >= 11 is 7.80. The van der Waals surface area contributed by atoms with Gasteiger partial charge in [-0.3, -0.25) is 4.79 Å². The molecule has 0 fully saturated rings. The zero-order chi connectivity index (χ0) is 29.7. The van der Waals surface area contributed by atoms with Crippen LogP contribution in [0, 0.1) is 11.2 Å². The molecule has 0 bridgehead atoms. The topological polar surface area (TPSA) is 115 Å². The Balaban J connectivity index is 1.59. The Kier molecular flexibility index (Phi) is 7.88. The lowest BCUT2D eigenvalue weighted by atomic mass is 9.73. The second-order valence-corrected chi connectivity index (χ2v) is 14.1. The van der Waals surface area contributed by atoms with Crippen LogP contribution in [0.1, 0.15) is 56.0 Å². The van der Waals surface area contributed by atoms with Crippen molar-refractivity contribution >= 4 is 50.0 Å². The van der Waals surface area contributed by atoms with Crippen LogP contribution >= 0.6 is 22.9 Å². The summed E-state index contributed by atoms with van der Waals surface area (Å²) in [6, 6.07) is 11.4. The molecule has 9 nitrogen and oxygen atoms in total. The summed E-state index contributed by atoms with van der Waals surface area (Å²) in [4.78, 5) is 13.0. The molecule has 1 aliphatic rings. The zero-order valence-corrected chi connectivity index (χ0v) is 25.4. The number of carbonyl (C=O) groups is 1. The number of aliphatic carboxylic acids is 1. The maximum absolute atomic E-state index is 16.0. The number of hydrogen-bond acceptors (Lipinski definition) is 7. The summed E-state index contributed by atoms with van der Waals surface area (Å²) in [5.41, 5.74) is -0.249. The fourth-order valence-corrected chi connectivity index (χ4v) is 8.32. The van der Waals surface area contributed by atoms with Crippen molar-refractivity contribution in [1.29, 1.82) is 0 Å². The number of carboxylic acids is 1. The highest BCUT2D eigenvalue weighted by Gasteiger charge is 2.42. The molecule has 2 atom stereocenters. The van der Waals surface area contributed by atoms with Crippen LogP contribution in [-0.2, 0) is 27.9 Å². The van der Waals surface area contributed by atoms with Gasteiger partial charge in [-0.2, -0.15) is 4.31 Å². The van der Waals surface area contributed by atoms with Crippen molar-refractivity contribution in [3.8, 4) is 5.75 Å². The van der Waals surface area contributed by atoms with Gasteiger partial charge in [0.25, 0.3) is 0 Å². The Morgan fingerprint density at radius 2 is 2.00 bits per heavy atom. The summed E-state index contributed by atoms with van der Waals surface area (Å²) in [6.07, 6.45) is 0.212. The van der Waals surface area contributed by atoms with Crippen molar-refractivity contribution in [3.05, 3.63) is 68.6 Å². The Morgan fingerprint density at radius 1 is 1.27 bits per heavy atom. The first kappa shape index (κ1) is 29.4. The largest absolute Gasteiger partial charge is 0.488 e. The van der Waals surface area contributed by atoms with Gasteiger partial charge in [-0.25, -0.2) is 17.5 Å². The number of ether oxygens (including phenoxy) is 1. The SMILES string of the molecule is CC[C@@H]1CN(Cc2cc([C@@H](c3ccc4c(nnn4CC)c3F)C(C)(C)C(=O)O)sc2Cl)S(=O)(=O)c2ccccc2O1. The standard InChI is InChI=1S/C28H30ClFN4O5S2/c1-5-17-15-33(41(37,38)22-10-8-7-9-20(22)39-17)14-16-13-21(40-26(16)29)23(28(3,4)27(35)36)18-11-12-19-25(24(18)30)31-32-34(19)6-2/h7-13,17,23H,5-6,14-15H2,1-4H3,(H,35,36)/t17-,23-/m1/s1. The van der Waals surface area contributed by atoms with Gasteiger partial charge in [-0.15, -0.1) is 16.4 Å². The molecule has 0 saturated heterocycles. The first-order valence-electron chi connectivity index (χ1n) is 13.2. The van der Waals surface area contributed by atoms with Crippen LogP contribution in [0.3, 0.4) is 0 Å². The third-order valence-electron chi connectivity index (χ3n) is 7.57. The van der Waals surface area contributed by atoms with Crippen LogP contribution in [0.25, 0.3) is 11.0 Å². The predicted octanol–water partition coefficient (Wildman–Crippen LogP) is 5.91. The first-order valence-corrected chi connectivity index (χ1v) is 15.8. The highest BCUT2D eigenvalue weighted by atomic mass is 35.5. The van der Waals surface area contributed by atoms with E-state index in [0.29, 0.717) is 39.0 Å². The molecule has 218 valence electrons. The van der Waals surface area contributed by atoms with Gasteiger partial charge >= 0.3 is 5.97 Å². The van der Waals surface area contributed by atoms with Crippen molar-refractivity contribution in [2.75, 3.05) is 6.54 Å². The predicted molar refractivity (Wildman–Crippen MR) is 154 cm³/mol. The van der Waals surface area contributed by atoms with E-state index in [1.165, 1.54) is 24.2 Å². The lowest BCUT2D eigenvalue weighted by Crippen LogP contribution is -2.36. The van der Waals surface area contributed by atoms with E-state index in [2.05, 4.69) is 10.3 Å². The second-order valence-electron chi connectivity index (χ2n) is 10.5. The summed E-state index contributed by atoms with van der Waals surface area (Å²) < 4.78 is 52.5. The molecule has 1 aliphatic heterocycles. The van der Waals surface area contributed by atoms with Crippen molar-refractivity contribution in [2.45, 2.75) is 64.1 Å². The molecule has 3 heterocycles. The fourth-order valence-electron chi connectivity index (χ4n) is 5.17. The molecule has 4 aromatic rings. The van der Waals surface area contributed by atoms with Crippen LogP contribution in [-0.4, -0.2) is 51.4 Å². The molecule has 0 spiro atoms. The number of halogens is 2. The van der Waals surface area contributed by atoms with Gasteiger partial charge in [0.05, 0.1) is 21.8 Å². The lowest BCUT2D eigenvalue weighted by Gasteiger charge is -2.30. The number of benzene rings is 2. The molecule has 1 N–H and O–H groups in total. The van der Waals surface area contributed by atoms with E-state index in [9.17, 15) is 18.3 Å². The third-order valence-corrected chi connectivity index (χ3v) is 10.9. The fraction of sp³-hybridized carbons (Fsp3) is 0.393. The number of nitrogens with zero attached hydrogens (tertiary/aromatic N) is 4. The number of sulfonamides is 1. The van der Waals surface area contributed by atoms with E-state index >= 15 is 4.39 Å². The van der Waals surface area contributed by atoms with E-state index in [-0.39, 0.29) is 35.2 Å². The second kappa shape index (κ2) is 11.0. The minimum Gasteiger partial charge on any atom is -0.488 e. The maximum atomic E-state index is 16.0. The van der Waals surface area contributed by atoms with Gasteiger partial charge in [0.15, 0.2) is 5.82 Å². The van der Waals surface area contributed by atoms with Crippen LogP contribution in [0.5, 0.6) is 5.75 Å². The smallest absolute Gasteiger partial charge is 0.310 e. The molecule has 13 heteroatoms. The molecular weight excluding hydrogens is 591 g/mol. The summed E-state index contributed by atoms with van der Waals surface area (Å²) in [7, 11) is -3.93. The molecule has 5 rings (SSSR count). The summed E-state index contributed by atoms with van der Waals surface area (Å²) in [6.45, 7) is 7.39. The van der Waals surface area contributed by atoms with Gasteiger partial charge < -0.3 is 9.84 Å². The number of fused-ring (bicyclic) bond motifs is 2. The molecular formula is C28H30ClFN4O5S2. The molecule has 41 heavy (non-hydrogen) atoms. The van der Waals surface area contributed by atoms with Crippen LogP contribution < -0.4 is 4.74 Å². The maximum Gasteiger partial charge on any atom is 0.310 e. The minimum absolute atomic E-state index is 0.0540. The Bertz CT molecular complexity index is 1740. The molecule has 0 saturated carbocycles. The lowest BCUT2D eigenvalue weighted by molar-refractivity contribution is -0.147. The molecule has 0 aliphatic carbocycles. The molecule has 2 aromatic heterocycles. The average Bonchev–Trinajstić information content (AvgIpc) is 3.49. The molecule has 0 unspecified atom stereocenters. The number of thiophene rings is 1. The summed E-state index contributed by atoms with van der Waals surface area (Å²) in [5.74, 6) is -2.42. The zero-order valence-electron chi connectivity index (χ0n) is 23.0. The normalized spacial score (nSPS) is 18.0. The Hall–Kier alpha value is -3.06. The van der Waals surface area contributed by atoms with E-state index in [1.807, 2.05) is 13.8 Å². The van der Waals surface area contributed by atoms with Gasteiger partial charge in [0.2, 0.25) is 10.0 Å².